The molecular weight excluding hydrogens is 194 g/mol. The Morgan fingerprint density at radius 1 is 1.06 bits per heavy atom. The molecule has 3 rings (SSSR count). The molecule has 0 aliphatic heterocycles. The van der Waals surface area contributed by atoms with Crippen LogP contribution in [-0.4, -0.2) is 0 Å². The fourth-order valence-electron chi connectivity index (χ4n) is 2.22. The van der Waals surface area contributed by atoms with Gasteiger partial charge in [0.25, 0.3) is 0 Å². The summed E-state index contributed by atoms with van der Waals surface area (Å²) in [5, 5.41) is 11.6. The molecule has 0 heterocycles. The molecule has 0 spiro atoms. The van der Waals surface area contributed by atoms with Crippen molar-refractivity contribution in [2.24, 2.45) is 5.41 Å². The minimum Gasteiger partial charge on any atom is -0.198 e. The minimum absolute atomic E-state index is 0.0392. The van der Waals surface area contributed by atoms with Gasteiger partial charge in [-0.15, -0.1) is 0 Å². The van der Waals surface area contributed by atoms with Gasteiger partial charge in [-0.25, -0.2) is 0 Å². The number of fused-ring (bicyclic) bond motifs is 1. The standard InChI is InChI=1S/C15H13N/c16-11-15(7-8-15)10-12-5-6-13-3-1-2-4-14(13)9-12/h1-6,9H,7-8,10H2. The lowest BCUT2D eigenvalue weighted by molar-refractivity contribution is 0.665. The largest absolute Gasteiger partial charge is 0.198 e. The van der Waals surface area contributed by atoms with E-state index in [4.69, 9.17) is 5.26 Å². The second-order valence-electron chi connectivity index (χ2n) is 4.75. The molecule has 1 saturated carbocycles. The van der Waals surface area contributed by atoms with Crippen molar-refractivity contribution in [3.63, 3.8) is 0 Å². The monoisotopic (exact) mass is 207 g/mol. The molecule has 0 radical (unpaired) electrons. The summed E-state index contributed by atoms with van der Waals surface area (Å²) in [5.74, 6) is 0. The van der Waals surface area contributed by atoms with Crippen LogP contribution in [0.2, 0.25) is 0 Å². The molecule has 1 nitrogen and oxygen atoms in total. The first-order valence-electron chi connectivity index (χ1n) is 5.70. The van der Waals surface area contributed by atoms with Gasteiger partial charge >= 0.3 is 0 Å². The fourth-order valence-corrected chi connectivity index (χ4v) is 2.22. The lowest BCUT2D eigenvalue weighted by Crippen LogP contribution is -2.00. The van der Waals surface area contributed by atoms with Crippen molar-refractivity contribution in [1.29, 1.82) is 5.26 Å². The van der Waals surface area contributed by atoms with E-state index in [-0.39, 0.29) is 5.41 Å². The summed E-state index contributed by atoms with van der Waals surface area (Å²) in [7, 11) is 0. The van der Waals surface area contributed by atoms with Gasteiger partial charge in [0, 0.05) is 0 Å². The third kappa shape index (κ3) is 1.57. The van der Waals surface area contributed by atoms with Gasteiger partial charge in [-0.1, -0.05) is 42.5 Å². The second kappa shape index (κ2) is 3.35. The average molecular weight is 207 g/mol. The van der Waals surface area contributed by atoms with Crippen molar-refractivity contribution in [2.75, 3.05) is 0 Å². The van der Waals surface area contributed by atoms with Gasteiger partial charge < -0.3 is 0 Å². The Bertz CT molecular complexity index is 573. The number of hydrogen-bond donors (Lipinski definition) is 0. The Balaban J connectivity index is 1.97. The Labute approximate surface area is 95.3 Å². The molecule has 1 aliphatic carbocycles. The summed E-state index contributed by atoms with van der Waals surface area (Å²) < 4.78 is 0. The maximum atomic E-state index is 9.08. The highest BCUT2D eigenvalue weighted by molar-refractivity contribution is 5.83. The van der Waals surface area contributed by atoms with Crippen LogP contribution in [-0.2, 0) is 6.42 Å². The molecular formula is C15H13N. The highest BCUT2D eigenvalue weighted by Gasteiger charge is 2.42. The lowest BCUT2D eigenvalue weighted by atomic mass is 9.96. The molecule has 1 fully saturated rings. The van der Waals surface area contributed by atoms with Crippen LogP contribution >= 0.6 is 0 Å². The number of benzene rings is 2. The van der Waals surface area contributed by atoms with Crippen molar-refractivity contribution in [3.05, 3.63) is 48.0 Å². The Hall–Kier alpha value is -1.81. The summed E-state index contributed by atoms with van der Waals surface area (Å²) in [6.07, 6.45) is 3.04. The normalized spacial score (nSPS) is 16.9. The number of rotatable bonds is 2. The van der Waals surface area contributed by atoms with Gasteiger partial charge in [0.1, 0.15) is 0 Å². The van der Waals surface area contributed by atoms with Gasteiger partial charge in [0.05, 0.1) is 11.5 Å². The molecule has 78 valence electrons. The first kappa shape index (κ1) is 9.42. The molecule has 0 unspecified atom stereocenters. The predicted octanol–water partition coefficient (Wildman–Crippen LogP) is 3.69. The van der Waals surface area contributed by atoms with Gasteiger partial charge in [-0.3, -0.25) is 0 Å². The molecule has 0 amide bonds. The third-order valence-electron chi connectivity index (χ3n) is 3.45. The highest BCUT2D eigenvalue weighted by atomic mass is 14.5. The van der Waals surface area contributed by atoms with Crippen LogP contribution in [0, 0.1) is 16.7 Å². The van der Waals surface area contributed by atoms with Crippen LogP contribution in [0.5, 0.6) is 0 Å². The molecule has 2 aromatic rings. The smallest absolute Gasteiger partial charge is 0.0693 e. The summed E-state index contributed by atoms with van der Waals surface area (Å²) in [6, 6.07) is 17.3. The van der Waals surface area contributed by atoms with E-state index in [1.807, 2.05) is 0 Å². The summed E-state index contributed by atoms with van der Waals surface area (Å²) in [4.78, 5) is 0. The van der Waals surface area contributed by atoms with E-state index < -0.39 is 0 Å². The zero-order valence-corrected chi connectivity index (χ0v) is 9.11. The van der Waals surface area contributed by atoms with Crippen LogP contribution in [0.1, 0.15) is 18.4 Å². The van der Waals surface area contributed by atoms with Crippen LogP contribution in [0.25, 0.3) is 10.8 Å². The number of nitrogens with zero attached hydrogens (tertiary/aromatic N) is 1. The van der Waals surface area contributed by atoms with Gasteiger partial charge in [-0.05, 0) is 35.6 Å². The van der Waals surface area contributed by atoms with Crippen LogP contribution in [0.4, 0.5) is 0 Å². The first-order chi connectivity index (χ1) is 7.81. The SMILES string of the molecule is N#CC1(Cc2ccc3ccccc3c2)CC1. The van der Waals surface area contributed by atoms with Crippen LogP contribution in [0.3, 0.4) is 0 Å². The molecule has 1 heteroatoms. The number of nitriles is 1. The molecule has 0 N–H and O–H groups in total. The summed E-state index contributed by atoms with van der Waals surface area (Å²) in [6.45, 7) is 0. The van der Waals surface area contributed by atoms with E-state index in [1.165, 1.54) is 16.3 Å². The van der Waals surface area contributed by atoms with E-state index in [0.717, 1.165) is 19.3 Å². The third-order valence-corrected chi connectivity index (χ3v) is 3.45. The predicted molar refractivity (Wildman–Crippen MR) is 64.9 cm³/mol. The Kier molecular flexibility index (Phi) is 1.97. The van der Waals surface area contributed by atoms with Crippen LogP contribution < -0.4 is 0 Å². The van der Waals surface area contributed by atoms with E-state index in [2.05, 4.69) is 48.5 Å². The van der Waals surface area contributed by atoms with Crippen molar-refractivity contribution in [2.45, 2.75) is 19.3 Å². The van der Waals surface area contributed by atoms with E-state index in [1.54, 1.807) is 0 Å². The molecule has 2 aromatic carbocycles. The van der Waals surface area contributed by atoms with Crippen LogP contribution in [0.15, 0.2) is 42.5 Å². The van der Waals surface area contributed by atoms with E-state index >= 15 is 0 Å². The van der Waals surface area contributed by atoms with E-state index in [0.29, 0.717) is 0 Å². The average Bonchev–Trinajstić information content (AvgIpc) is 3.09. The van der Waals surface area contributed by atoms with Gasteiger partial charge in [0.15, 0.2) is 0 Å². The van der Waals surface area contributed by atoms with E-state index in [9.17, 15) is 0 Å². The van der Waals surface area contributed by atoms with Crippen molar-refractivity contribution >= 4 is 10.8 Å². The Morgan fingerprint density at radius 2 is 1.81 bits per heavy atom. The summed E-state index contributed by atoms with van der Waals surface area (Å²) in [5.41, 5.74) is 1.25. The quantitative estimate of drug-likeness (QED) is 0.736. The summed E-state index contributed by atoms with van der Waals surface area (Å²) >= 11 is 0. The second-order valence-corrected chi connectivity index (χ2v) is 4.75. The number of hydrogen-bond acceptors (Lipinski definition) is 1. The van der Waals surface area contributed by atoms with Crippen molar-refractivity contribution in [1.82, 2.24) is 0 Å². The maximum Gasteiger partial charge on any atom is 0.0693 e. The van der Waals surface area contributed by atoms with Crippen molar-refractivity contribution < 1.29 is 0 Å². The first-order valence-corrected chi connectivity index (χ1v) is 5.70. The fraction of sp³-hybridized carbons (Fsp3) is 0.267. The molecule has 16 heavy (non-hydrogen) atoms. The molecule has 0 aromatic heterocycles. The Morgan fingerprint density at radius 3 is 2.50 bits per heavy atom. The zero-order chi connectivity index (χ0) is 11.0. The lowest BCUT2D eigenvalue weighted by Gasteiger charge is -2.06. The van der Waals surface area contributed by atoms with Gasteiger partial charge in [0.2, 0.25) is 0 Å². The minimum atomic E-state index is -0.0392. The molecule has 0 saturated heterocycles. The topological polar surface area (TPSA) is 23.8 Å². The molecule has 1 aliphatic rings. The zero-order valence-electron chi connectivity index (χ0n) is 9.11. The van der Waals surface area contributed by atoms with Gasteiger partial charge in [-0.2, -0.15) is 5.26 Å². The maximum absolute atomic E-state index is 9.08. The van der Waals surface area contributed by atoms with Crippen molar-refractivity contribution in [3.8, 4) is 6.07 Å². The highest BCUT2D eigenvalue weighted by Crippen LogP contribution is 2.47. The molecule has 0 bridgehead atoms. The molecule has 0 atom stereocenters.